The summed E-state index contributed by atoms with van der Waals surface area (Å²) in [7, 11) is 0. The van der Waals surface area contributed by atoms with Gasteiger partial charge in [-0.05, 0) is 62.2 Å². The highest BCUT2D eigenvalue weighted by Gasteiger charge is 2.33. The third-order valence-corrected chi connectivity index (χ3v) is 6.54. The van der Waals surface area contributed by atoms with Gasteiger partial charge in [0.25, 0.3) is 0 Å². The van der Waals surface area contributed by atoms with Crippen LogP contribution in [0.4, 0.5) is 0 Å². The minimum Gasteiger partial charge on any atom is -0.481 e. The fourth-order valence-electron chi connectivity index (χ4n) is 4.86. The van der Waals surface area contributed by atoms with E-state index in [0.717, 1.165) is 64.2 Å². The molecule has 1 rings (SSSR count). The van der Waals surface area contributed by atoms with Crippen LogP contribution >= 0.6 is 0 Å². The standard InChI is InChI=1S/C24H44O4/c1-5-16-24(3,4)17-20(25)14-12-19-13-15-22(26)21(19)11-9-7-8-10-18(6-2)23(27)28/h12,14,18-22,25-26H,5-11,13,15-17H2,1-4H3,(H,27,28)/t18?,19-,20?,21+,22-/m0/s1. The van der Waals surface area contributed by atoms with Crippen LogP contribution in [0.5, 0.6) is 0 Å². The highest BCUT2D eigenvalue weighted by atomic mass is 16.4. The second kappa shape index (κ2) is 12.6. The third kappa shape index (κ3) is 9.09. The van der Waals surface area contributed by atoms with Crippen LogP contribution in [0.25, 0.3) is 0 Å². The van der Waals surface area contributed by atoms with Crippen LogP contribution in [0.15, 0.2) is 12.2 Å². The smallest absolute Gasteiger partial charge is 0.306 e. The van der Waals surface area contributed by atoms with E-state index in [-0.39, 0.29) is 23.4 Å². The zero-order valence-electron chi connectivity index (χ0n) is 18.6. The fraction of sp³-hybridized carbons (Fsp3) is 0.875. The third-order valence-electron chi connectivity index (χ3n) is 6.54. The van der Waals surface area contributed by atoms with Gasteiger partial charge in [0.05, 0.1) is 18.1 Å². The first-order chi connectivity index (χ1) is 13.2. The van der Waals surface area contributed by atoms with Gasteiger partial charge < -0.3 is 15.3 Å². The molecule has 5 atom stereocenters. The number of carboxylic acid groups (broad SMARTS) is 1. The number of aliphatic hydroxyl groups is 2. The lowest BCUT2D eigenvalue weighted by Crippen LogP contribution is -2.20. The van der Waals surface area contributed by atoms with Crippen molar-refractivity contribution < 1.29 is 20.1 Å². The van der Waals surface area contributed by atoms with Crippen LogP contribution in [0.2, 0.25) is 0 Å². The number of aliphatic hydroxyl groups excluding tert-OH is 2. The van der Waals surface area contributed by atoms with Gasteiger partial charge in [-0.2, -0.15) is 0 Å². The van der Waals surface area contributed by atoms with Gasteiger partial charge in [-0.25, -0.2) is 0 Å². The van der Waals surface area contributed by atoms with Gasteiger partial charge in [0, 0.05) is 0 Å². The van der Waals surface area contributed by atoms with Gasteiger partial charge in [-0.15, -0.1) is 0 Å². The Hall–Kier alpha value is -0.870. The fourth-order valence-corrected chi connectivity index (χ4v) is 4.86. The summed E-state index contributed by atoms with van der Waals surface area (Å²) in [5.41, 5.74) is 0.152. The van der Waals surface area contributed by atoms with E-state index in [2.05, 4.69) is 26.8 Å². The van der Waals surface area contributed by atoms with Crippen molar-refractivity contribution in [1.82, 2.24) is 0 Å². The first-order valence-corrected chi connectivity index (χ1v) is 11.5. The van der Waals surface area contributed by atoms with Crippen molar-refractivity contribution in [3.63, 3.8) is 0 Å². The van der Waals surface area contributed by atoms with E-state index in [0.29, 0.717) is 12.3 Å². The molecule has 28 heavy (non-hydrogen) atoms. The maximum absolute atomic E-state index is 11.1. The van der Waals surface area contributed by atoms with Gasteiger partial charge in [-0.1, -0.05) is 65.5 Å². The molecule has 0 spiro atoms. The average molecular weight is 397 g/mol. The number of allylic oxidation sites excluding steroid dienone is 1. The number of hydrogen-bond acceptors (Lipinski definition) is 3. The predicted octanol–water partition coefficient (Wildman–Crippen LogP) is 5.57. The van der Waals surface area contributed by atoms with Gasteiger partial charge in [0.2, 0.25) is 0 Å². The molecule has 1 aliphatic carbocycles. The van der Waals surface area contributed by atoms with Crippen molar-refractivity contribution in [2.45, 2.75) is 111 Å². The summed E-state index contributed by atoms with van der Waals surface area (Å²) < 4.78 is 0. The summed E-state index contributed by atoms with van der Waals surface area (Å²) in [6.45, 7) is 8.53. The number of carbonyl (C=O) groups is 1. The van der Waals surface area contributed by atoms with Gasteiger partial charge in [0.15, 0.2) is 0 Å². The Morgan fingerprint density at radius 3 is 2.50 bits per heavy atom. The Bertz CT molecular complexity index is 471. The molecule has 1 aliphatic rings. The van der Waals surface area contributed by atoms with E-state index in [1.54, 1.807) is 0 Å². The lowest BCUT2D eigenvalue weighted by Gasteiger charge is -2.26. The molecule has 2 unspecified atom stereocenters. The van der Waals surface area contributed by atoms with E-state index >= 15 is 0 Å². The van der Waals surface area contributed by atoms with Crippen molar-refractivity contribution in [3.8, 4) is 0 Å². The van der Waals surface area contributed by atoms with Crippen LogP contribution in [0.1, 0.15) is 98.3 Å². The van der Waals surface area contributed by atoms with E-state index in [9.17, 15) is 15.0 Å². The molecule has 164 valence electrons. The van der Waals surface area contributed by atoms with Crippen molar-refractivity contribution in [2.75, 3.05) is 0 Å². The Kier molecular flexibility index (Phi) is 11.4. The maximum Gasteiger partial charge on any atom is 0.306 e. The van der Waals surface area contributed by atoms with E-state index < -0.39 is 12.1 Å². The zero-order valence-corrected chi connectivity index (χ0v) is 18.6. The number of aliphatic carboxylic acids is 1. The van der Waals surface area contributed by atoms with Crippen LogP contribution in [-0.4, -0.2) is 33.5 Å². The van der Waals surface area contributed by atoms with Crippen LogP contribution < -0.4 is 0 Å². The van der Waals surface area contributed by atoms with Crippen molar-refractivity contribution in [1.29, 1.82) is 0 Å². The van der Waals surface area contributed by atoms with Gasteiger partial charge in [-0.3, -0.25) is 4.79 Å². The monoisotopic (exact) mass is 396 g/mol. The molecule has 0 aromatic heterocycles. The largest absolute Gasteiger partial charge is 0.481 e. The van der Waals surface area contributed by atoms with Crippen LogP contribution in [0, 0.1) is 23.2 Å². The van der Waals surface area contributed by atoms with Crippen LogP contribution in [0.3, 0.4) is 0 Å². The van der Waals surface area contributed by atoms with E-state index in [1.807, 2.05) is 13.0 Å². The second-order valence-electron chi connectivity index (χ2n) is 9.62. The average Bonchev–Trinajstić information content (AvgIpc) is 2.95. The Morgan fingerprint density at radius 1 is 1.18 bits per heavy atom. The molecule has 4 heteroatoms. The Balaban J connectivity index is 2.41. The van der Waals surface area contributed by atoms with Crippen molar-refractivity contribution in [2.24, 2.45) is 23.2 Å². The molecular weight excluding hydrogens is 352 g/mol. The summed E-state index contributed by atoms with van der Waals surface area (Å²) in [5, 5.41) is 29.9. The van der Waals surface area contributed by atoms with Gasteiger partial charge >= 0.3 is 5.97 Å². The number of carboxylic acids is 1. The second-order valence-corrected chi connectivity index (χ2v) is 9.62. The first kappa shape index (κ1) is 25.2. The molecule has 0 heterocycles. The predicted molar refractivity (Wildman–Crippen MR) is 115 cm³/mol. The molecule has 0 aromatic carbocycles. The highest BCUT2D eigenvalue weighted by molar-refractivity contribution is 5.69. The molecular formula is C24H44O4. The lowest BCUT2D eigenvalue weighted by molar-refractivity contribution is -0.142. The Morgan fingerprint density at radius 2 is 1.89 bits per heavy atom. The summed E-state index contributed by atoms with van der Waals surface area (Å²) in [5.74, 6) is -0.277. The molecule has 4 nitrogen and oxygen atoms in total. The topological polar surface area (TPSA) is 77.8 Å². The number of rotatable bonds is 14. The summed E-state index contributed by atoms with van der Waals surface area (Å²) >= 11 is 0. The van der Waals surface area contributed by atoms with E-state index in [1.165, 1.54) is 0 Å². The summed E-state index contributed by atoms with van der Waals surface area (Å²) in [6.07, 6.45) is 13.7. The summed E-state index contributed by atoms with van der Waals surface area (Å²) in [4.78, 5) is 11.1. The molecule has 0 aromatic rings. The van der Waals surface area contributed by atoms with Crippen LogP contribution in [-0.2, 0) is 4.79 Å². The number of hydrogen-bond donors (Lipinski definition) is 3. The quantitative estimate of drug-likeness (QED) is 0.265. The minimum atomic E-state index is -0.681. The molecule has 1 saturated carbocycles. The normalized spacial score (nSPS) is 25.3. The highest BCUT2D eigenvalue weighted by Crippen LogP contribution is 2.37. The molecule has 0 aliphatic heterocycles. The number of unbranched alkanes of at least 4 members (excludes halogenated alkanes) is 2. The minimum absolute atomic E-state index is 0.152. The maximum atomic E-state index is 11.1. The molecule has 0 bridgehead atoms. The SMILES string of the molecule is CCCC(C)(C)CC(O)C=C[C@H]1CC[C@H](O)[C@@H]1CCCCCC(CC)C(=O)O. The molecule has 3 N–H and O–H groups in total. The molecule has 1 fully saturated rings. The van der Waals surface area contributed by atoms with Crippen molar-refractivity contribution in [3.05, 3.63) is 12.2 Å². The molecule has 0 amide bonds. The van der Waals surface area contributed by atoms with E-state index in [4.69, 9.17) is 5.11 Å². The first-order valence-electron chi connectivity index (χ1n) is 11.5. The molecule has 0 radical (unpaired) electrons. The molecule has 0 saturated heterocycles. The van der Waals surface area contributed by atoms with Gasteiger partial charge in [0.1, 0.15) is 0 Å². The zero-order chi connectivity index (χ0) is 21.2. The van der Waals surface area contributed by atoms with Crippen molar-refractivity contribution >= 4 is 5.97 Å². The Labute approximate surface area is 172 Å². The lowest BCUT2D eigenvalue weighted by atomic mass is 9.82. The summed E-state index contributed by atoms with van der Waals surface area (Å²) in [6, 6.07) is 0.